The fraction of sp³-hybridized carbons (Fsp3) is 0.200. The first kappa shape index (κ1) is 11.6. The van der Waals surface area contributed by atoms with Crippen molar-refractivity contribution >= 4 is 15.7 Å². The highest BCUT2D eigenvalue weighted by molar-refractivity contribution is 7.89. The van der Waals surface area contributed by atoms with Crippen LogP contribution in [0.25, 0.3) is 0 Å². The third kappa shape index (κ3) is 3.62. The highest BCUT2D eigenvalue weighted by Crippen LogP contribution is 2.11. The topological polar surface area (TPSA) is 72.2 Å². The number of benzene rings is 1. The third-order valence-corrected chi connectivity index (χ3v) is 2.67. The highest BCUT2D eigenvalue weighted by Gasteiger charge is 2.05. The van der Waals surface area contributed by atoms with Crippen LogP contribution in [0, 0.1) is 11.8 Å². The Bertz CT molecular complexity index is 480. The fourth-order valence-corrected chi connectivity index (χ4v) is 1.51. The van der Waals surface area contributed by atoms with Crippen molar-refractivity contribution in [2.45, 2.75) is 11.8 Å². The van der Waals surface area contributed by atoms with Crippen molar-refractivity contribution in [2.75, 3.05) is 11.9 Å². The molecule has 80 valence electrons. The van der Waals surface area contributed by atoms with Gasteiger partial charge in [0.15, 0.2) is 0 Å². The van der Waals surface area contributed by atoms with Crippen molar-refractivity contribution in [2.24, 2.45) is 5.14 Å². The summed E-state index contributed by atoms with van der Waals surface area (Å²) >= 11 is 0. The molecule has 0 radical (unpaired) electrons. The van der Waals surface area contributed by atoms with Gasteiger partial charge in [0.2, 0.25) is 10.0 Å². The number of nitrogens with two attached hydrogens (primary N) is 1. The van der Waals surface area contributed by atoms with Gasteiger partial charge in [-0.05, 0) is 31.2 Å². The van der Waals surface area contributed by atoms with Gasteiger partial charge in [0.05, 0.1) is 11.4 Å². The van der Waals surface area contributed by atoms with Crippen molar-refractivity contribution in [3.8, 4) is 11.8 Å². The van der Waals surface area contributed by atoms with Crippen LogP contribution in [0.1, 0.15) is 6.92 Å². The van der Waals surface area contributed by atoms with Crippen LogP contribution in [-0.4, -0.2) is 15.0 Å². The zero-order chi connectivity index (χ0) is 11.3. The maximum Gasteiger partial charge on any atom is 0.238 e. The minimum absolute atomic E-state index is 0.106. The molecule has 0 spiro atoms. The molecule has 0 aliphatic rings. The quantitative estimate of drug-likeness (QED) is 0.745. The molecule has 0 fully saturated rings. The summed E-state index contributed by atoms with van der Waals surface area (Å²) in [7, 11) is -3.60. The van der Waals surface area contributed by atoms with E-state index in [9.17, 15) is 8.42 Å². The predicted molar refractivity (Wildman–Crippen MR) is 59.8 cm³/mol. The van der Waals surface area contributed by atoms with E-state index in [1.54, 1.807) is 19.1 Å². The standard InChI is InChI=1S/C10H12N2O2S/c1-2-3-8-12-9-4-6-10(7-5-9)15(11,13)14/h4-7,12H,8H2,1H3,(H2,11,13,14). The van der Waals surface area contributed by atoms with E-state index in [0.717, 1.165) is 5.69 Å². The summed E-state index contributed by atoms with van der Waals surface area (Å²) < 4.78 is 21.9. The van der Waals surface area contributed by atoms with E-state index in [2.05, 4.69) is 17.2 Å². The van der Waals surface area contributed by atoms with Crippen molar-refractivity contribution in [1.82, 2.24) is 0 Å². The van der Waals surface area contributed by atoms with Gasteiger partial charge in [0.1, 0.15) is 0 Å². The number of anilines is 1. The van der Waals surface area contributed by atoms with Crippen molar-refractivity contribution in [3.05, 3.63) is 24.3 Å². The number of rotatable bonds is 3. The summed E-state index contributed by atoms with van der Waals surface area (Å²) in [4.78, 5) is 0.106. The van der Waals surface area contributed by atoms with Gasteiger partial charge in [-0.15, -0.1) is 5.92 Å². The Kier molecular flexibility index (Phi) is 3.72. The molecule has 0 atom stereocenters. The molecular formula is C10H12N2O2S. The number of sulfonamides is 1. The van der Waals surface area contributed by atoms with Gasteiger partial charge in [0, 0.05) is 5.69 Å². The van der Waals surface area contributed by atoms with Gasteiger partial charge in [0.25, 0.3) is 0 Å². The van der Waals surface area contributed by atoms with Crippen LogP contribution < -0.4 is 10.5 Å². The van der Waals surface area contributed by atoms with E-state index in [4.69, 9.17) is 5.14 Å². The van der Waals surface area contributed by atoms with Crippen molar-refractivity contribution in [1.29, 1.82) is 0 Å². The summed E-state index contributed by atoms with van der Waals surface area (Å²) in [6.07, 6.45) is 0. The Morgan fingerprint density at radius 1 is 1.33 bits per heavy atom. The average Bonchev–Trinajstić information content (AvgIpc) is 2.18. The van der Waals surface area contributed by atoms with Crippen molar-refractivity contribution < 1.29 is 8.42 Å². The Labute approximate surface area is 89.5 Å². The SMILES string of the molecule is CC#CCNc1ccc(S(N)(=O)=O)cc1. The Balaban J connectivity index is 2.76. The van der Waals surface area contributed by atoms with E-state index in [1.165, 1.54) is 12.1 Å². The molecule has 0 heterocycles. The number of hydrogen-bond acceptors (Lipinski definition) is 3. The van der Waals surface area contributed by atoms with E-state index < -0.39 is 10.0 Å². The van der Waals surface area contributed by atoms with E-state index in [0.29, 0.717) is 6.54 Å². The minimum Gasteiger partial charge on any atom is -0.374 e. The van der Waals surface area contributed by atoms with E-state index in [-0.39, 0.29) is 4.90 Å². The molecule has 3 N–H and O–H groups in total. The van der Waals surface area contributed by atoms with E-state index >= 15 is 0 Å². The first-order chi connectivity index (χ1) is 7.04. The number of nitrogens with one attached hydrogen (secondary N) is 1. The molecule has 4 nitrogen and oxygen atoms in total. The molecule has 1 aromatic rings. The second-order valence-corrected chi connectivity index (χ2v) is 4.41. The molecule has 0 amide bonds. The summed E-state index contributed by atoms with van der Waals surface area (Å²) in [5.74, 6) is 5.58. The largest absolute Gasteiger partial charge is 0.374 e. The zero-order valence-corrected chi connectivity index (χ0v) is 9.14. The molecule has 0 saturated heterocycles. The Morgan fingerprint density at radius 2 is 1.93 bits per heavy atom. The van der Waals surface area contributed by atoms with Crippen LogP contribution in [0.15, 0.2) is 29.2 Å². The van der Waals surface area contributed by atoms with Crippen LogP contribution in [-0.2, 0) is 10.0 Å². The number of hydrogen-bond donors (Lipinski definition) is 2. The van der Waals surface area contributed by atoms with E-state index in [1.807, 2.05) is 0 Å². The monoisotopic (exact) mass is 224 g/mol. The molecule has 1 aromatic carbocycles. The lowest BCUT2D eigenvalue weighted by Gasteiger charge is -2.03. The first-order valence-corrected chi connectivity index (χ1v) is 5.85. The molecule has 0 aliphatic carbocycles. The molecule has 1 rings (SSSR count). The maximum absolute atomic E-state index is 10.9. The second-order valence-electron chi connectivity index (χ2n) is 2.85. The van der Waals surface area contributed by atoms with Gasteiger partial charge in [-0.25, -0.2) is 13.6 Å². The lowest BCUT2D eigenvalue weighted by Crippen LogP contribution is -2.12. The molecule has 0 aromatic heterocycles. The van der Waals surface area contributed by atoms with Gasteiger partial charge in [-0.3, -0.25) is 0 Å². The van der Waals surface area contributed by atoms with Gasteiger partial charge in [-0.1, -0.05) is 5.92 Å². The average molecular weight is 224 g/mol. The van der Waals surface area contributed by atoms with Crippen LogP contribution >= 0.6 is 0 Å². The molecule has 5 heteroatoms. The fourth-order valence-electron chi connectivity index (χ4n) is 0.997. The lowest BCUT2D eigenvalue weighted by atomic mass is 10.3. The summed E-state index contributed by atoms with van der Waals surface area (Å²) in [5.41, 5.74) is 0.810. The zero-order valence-electron chi connectivity index (χ0n) is 8.32. The number of primary sulfonamides is 1. The van der Waals surface area contributed by atoms with Gasteiger partial charge >= 0.3 is 0 Å². The summed E-state index contributed by atoms with van der Waals surface area (Å²) in [6, 6.07) is 6.21. The van der Waals surface area contributed by atoms with Crippen LogP contribution in [0.3, 0.4) is 0 Å². The van der Waals surface area contributed by atoms with Crippen LogP contribution in [0.4, 0.5) is 5.69 Å². The molecule has 0 aliphatic heterocycles. The van der Waals surface area contributed by atoms with Crippen molar-refractivity contribution in [3.63, 3.8) is 0 Å². The smallest absolute Gasteiger partial charge is 0.238 e. The second kappa shape index (κ2) is 4.82. The van der Waals surface area contributed by atoms with Crippen LogP contribution in [0.2, 0.25) is 0 Å². The molecule has 0 saturated carbocycles. The molecular weight excluding hydrogens is 212 g/mol. The summed E-state index contributed by atoms with van der Waals surface area (Å²) in [5, 5.41) is 7.97. The third-order valence-electron chi connectivity index (χ3n) is 1.74. The molecule has 0 unspecified atom stereocenters. The molecule has 0 bridgehead atoms. The lowest BCUT2D eigenvalue weighted by molar-refractivity contribution is 0.598. The maximum atomic E-state index is 10.9. The normalized spacial score (nSPS) is 10.3. The molecule has 15 heavy (non-hydrogen) atoms. The van der Waals surface area contributed by atoms with Gasteiger partial charge < -0.3 is 5.32 Å². The predicted octanol–water partition coefficient (Wildman–Crippen LogP) is 0.769. The minimum atomic E-state index is -3.60. The first-order valence-electron chi connectivity index (χ1n) is 4.30. The highest BCUT2D eigenvalue weighted by atomic mass is 32.2. The summed E-state index contributed by atoms with van der Waals surface area (Å²) in [6.45, 7) is 2.29. The Morgan fingerprint density at radius 3 is 2.40 bits per heavy atom. The van der Waals surface area contributed by atoms with Crippen LogP contribution in [0.5, 0.6) is 0 Å². The van der Waals surface area contributed by atoms with Gasteiger partial charge in [-0.2, -0.15) is 0 Å². The Hall–Kier alpha value is -1.51.